The zero-order valence-corrected chi connectivity index (χ0v) is 12.1. The van der Waals surface area contributed by atoms with Gasteiger partial charge in [-0.15, -0.1) is 0 Å². The maximum atomic E-state index is 12.2. The first-order valence-electron chi connectivity index (χ1n) is 6.80. The van der Waals surface area contributed by atoms with E-state index >= 15 is 0 Å². The molecule has 2 unspecified atom stereocenters. The molecule has 118 valence electrons. The molecule has 1 aromatic rings. The standard InChI is InChI=1S/C15H17NO6/c1-20-14(18)13-7-12(22-10-17)8-16(13)15(19)21-9-11-5-3-2-4-6-11/h2-6,10,12-13H,7-9H2,1H3. The number of likely N-dealkylation sites (tertiary alicyclic amines) is 1. The van der Waals surface area contributed by atoms with Crippen LogP contribution in [0.2, 0.25) is 0 Å². The van der Waals surface area contributed by atoms with Crippen molar-refractivity contribution in [3.05, 3.63) is 35.9 Å². The molecule has 1 aliphatic heterocycles. The second kappa shape index (κ2) is 7.44. The largest absolute Gasteiger partial charge is 0.467 e. The predicted octanol–water partition coefficient (Wildman–Crippen LogP) is 1.11. The number of hydrogen-bond donors (Lipinski definition) is 0. The summed E-state index contributed by atoms with van der Waals surface area (Å²) in [6.07, 6.45) is -0.978. The van der Waals surface area contributed by atoms with Crippen molar-refractivity contribution in [2.24, 2.45) is 0 Å². The van der Waals surface area contributed by atoms with Crippen LogP contribution < -0.4 is 0 Å². The number of hydrogen-bond acceptors (Lipinski definition) is 6. The van der Waals surface area contributed by atoms with Crippen LogP contribution >= 0.6 is 0 Å². The number of ether oxygens (including phenoxy) is 3. The molecule has 1 aromatic carbocycles. The van der Waals surface area contributed by atoms with Crippen LogP contribution in [0.5, 0.6) is 0 Å². The van der Waals surface area contributed by atoms with Crippen LogP contribution in [0.25, 0.3) is 0 Å². The van der Waals surface area contributed by atoms with Gasteiger partial charge >= 0.3 is 12.1 Å². The van der Waals surface area contributed by atoms with E-state index in [1.54, 1.807) is 0 Å². The van der Waals surface area contributed by atoms with E-state index in [2.05, 4.69) is 4.74 Å². The van der Waals surface area contributed by atoms with Crippen molar-refractivity contribution in [1.29, 1.82) is 0 Å². The lowest BCUT2D eigenvalue weighted by Gasteiger charge is -2.21. The lowest BCUT2D eigenvalue weighted by atomic mass is 10.2. The van der Waals surface area contributed by atoms with E-state index in [9.17, 15) is 14.4 Å². The molecule has 0 aromatic heterocycles. The Hall–Kier alpha value is -2.57. The SMILES string of the molecule is COC(=O)C1CC(OC=O)CN1C(=O)OCc1ccccc1. The van der Waals surface area contributed by atoms with Crippen LogP contribution in [0.1, 0.15) is 12.0 Å². The molecule has 1 saturated heterocycles. The van der Waals surface area contributed by atoms with Crippen LogP contribution in [0, 0.1) is 0 Å². The van der Waals surface area contributed by atoms with Gasteiger partial charge in [0.1, 0.15) is 18.8 Å². The number of esters is 1. The summed E-state index contributed by atoms with van der Waals surface area (Å²) in [6.45, 7) is 0.507. The third-order valence-corrected chi connectivity index (χ3v) is 3.42. The van der Waals surface area contributed by atoms with Gasteiger partial charge in [0.05, 0.1) is 13.7 Å². The monoisotopic (exact) mass is 307 g/mol. The Morgan fingerprint density at radius 2 is 2.05 bits per heavy atom. The molecule has 22 heavy (non-hydrogen) atoms. The molecule has 7 nitrogen and oxygen atoms in total. The fourth-order valence-electron chi connectivity index (χ4n) is 2.34. The van der Waals surface area contributed by atoms with Crippen LogP contribution in [0.15, 0.2) is 30.3 Å². The minimum absolute atomic E-state index is 0.100. The first kappa shape index (κ1) is 15.8. The predicted molar refractivity (Wildman–Crippen MR) is 74.7 cm³/mol. The number of nitrogens with zero attached hydrogens (tertiary/aromatic N) is 1. The highest BCUT2D eigenvalue weighted by molar-refractivity contribution is 5.82. The minimum Gasteiger partial charge on any atom is -0.467 e. The van der Waals surface area contributed by atoms with E-state index in [0.717, 1.165) is 5.56 Å². The molecule has 0 spiro atoms. The van der Waals surface area contributed by atoms with Gasteiger partial charge in [-0.05, 0) is 5.56 Å². The van der Waals surface area contributed by atoms with E-state index in [1.165, 1.54) is 12.0 Å². The Labute approximate surface area is 127 Å². The van der Waals surface area contributed by atoms with Gasteiger partial charge in [-0.1, -0.05) is 30.3 Å². The molecular weight excluding hydrogens is 290 g/mol. The van der Waals surface area contributed by atoms with Crippen molar-refractivity contribution in [2.75, 3.05) is 13.7 Å². The van der Waals surface area contributed by atoms with E-state index < -0.39 is 24.2 Å². The fraction of sp³-hybridized carbons (Fsp3) is 0.400. The quantitative estimate of drug-likeness (QED) is 0.460. The van der Waals surface area contributed by atoms with Gasteiger partial charge < -0.3 is 14.2 Å². The zero-order valence-electron chi connectivity index (χ0n) is 12.1. The van der Waals surface area contributed by atoms with Gasteiger partial charge in [0.25, 0.3) is 6.47 Å². The third kappa shape index (κ3) is 3.75. The molecule has 7 heteroatoms. The third-order valence-electron chi connectivity index (χ3n) is 3.42. The number of carbonyl (C=O) groups is 3. The van der Waals surface area contributed by atoms with Crippen molar-refractivity contribution in [1.82, 2.24) is 4.90 Å². The Morgan fingerprint density at radius 1 is 1.32 bits per heavy atom. The summed E-state index contributed by atoms with van der Waals surface area (Å²) in [4.78, 5) is 35.5. The molecule has 2 rings (SSSR count). The van der Waals surface area contributed by atoms with E-state index in [-0.39, 0.29) is 19.6 Å². The molecular formula is C15H17NO6. The Balaban J connectivity index is 1.98. The molecule has 0 saturated carbocycles. The number of benzene rings is 1. The number of methoxy groups -OCH3 is 1. The van der Waals surface area contributed by atoms with Crippen LogP contribution in [0.4, 0.5) is 4.79 Å². The lowest BCUT2D eigenvalue weighted by molar-refractivity contribution is -0.145. The first-order valence-corrected chi connectivity index (χ1v) is 6.80. The summed E-state index contributed by atoms with van der Waals surface area (Å²) in [6, 6.07) is 8.38. The fourth-order valence-corrected chi connectivity index (χ4v) is 2.34. The number of carbonyl (C=O) groups excluding carboxylic acids is 3. The molecule has 0 radical (unpaired) electrons. The lowest BCUT2D eigenvalue weighted by Crippen LogP contribution is -2.41. The second-order valence-corrected chi connectivity index (χ2v) is 4.82. The summed E-state index contributed by atoms with van der Waals surface area (Å²) in [5.74, 6) is -0.561. The summed E-state index contributed by atoms with van der Waals surface area (Å²) < 4.78 is 14.7. The molecule has 0 N–H and O–H groups in total. The average Bonchev–Trinajstić information content (AvgIpc) is 2.97. The second-order valence-electron chi connectivity index (χ2n) is 4.82. The van der Waals surface area contributed by atoms with Crippen molar-refractivity contribution in [3.63, 3.8) is 0 Å². The van der Waals surface area contributed by atoms with E-state index in [0.29, 0.717) is 6.47 Å². The molecule has 0 bridgehead atoms. The average molecular weight is 307 g/mol. The van der Waals surface area contributed by atoms with Gasteiger partial charge in [-0.3, -0.25) is 9.69 Å². The maximum absolute atomic E-state index is 12.2. The molecule has 1 aliphatic rings. The highest BCUT2D eigenvalue weighted by atomic mass is 16.6. The van der Waals surface area contributed by atoms with Gasteiger partial charge in [0, 0.05) is 6.42 Å². The van der Waals surface area contributed by atoms with Crippen molar-refractivity contribution in [2.45, 2.75) is 25.2 Å². The summed E-state index contributed by atoms with van der Waals surface area (Å²) in [5, 5.41) is 0. The van der Waals surface area contributed by atoms with Crippen LogP contribution in [0.3, 0.4) is 0 Å². The summed E-state index contributed by atoms with van der Waals surface area (Å²) in [7, 11) is 1.24. The normalized spacial score (nSPS) is 20.3. The smallest absolute Gasteiger partial charge is 0.410 e. The van der Waals surface area contributed by atoms with Gasteiger partial charge in [0.2, 0.25) is 0 Å². The van der Waals surface area contributed by atoms with E-state index in [4.69, 9.17) is 9.47 Å². The molecule has 1 heterocycles. The molecule has 1 fully saturated rings. The first-order chi connectivity index (χ1) is 10.7. The minimum atomic E-state index is -0.807. The molecule has 0 aliphatic carbocycles. The summed E-state index contributed by atoms with van der Waals surface area (Å²) >= 11 is 0. The van der Waals surface area contributed by atoms with Crippen molar-refractivity contribution >= 4 is 18.5 Å². The van der Waals surface area contributed by atoms with Crippen LogP contribution in [-0.4, -0.2) is 49.2 Å². The van der Waals surface area contributed by atoms with Crippen molar-refractivity contribution < 1.29 is 28.6 Å². The van der Waals surface area contributed by atoms with Crippen LogP contribution in [-0.2, 0) is 30.4 Å². The molecule has 1 amide bonds. The number of rotatable bonds is 5. The number of amides is 1. The summed E-state index contributed by atoms with van der Waals surface area (Å²) in [5.41, 5.74) is 0.838. The highest BCUT2D eigenvalue weighted by Crippen LogP contribution is 2.22. The Morgan fingerprint density at radius 3 is 2.68 bits per heavy atom. The van der Waals surface area contributed by atoms with Gasteiger partial charge in [0.15, 0.2) is 0 Å². The Kier molecular flexibility index (Phi) is 5.35. The van der Waals surface area contributed by atoms with Gasteiger partial charge in [-0.2, -0.15) is 0 Å². The Bertz CT molecular complexity index is 532. The highest BCUT2D eigenvalue weighted by Gasteiger charge is 2.42. The topological polar surface area (TPSA) is 82.1 Å². The molecule has 2 atom stereocenters. The maximum Gasteiger partial charge on any atom is 0.410 e. The van der Waals surface area contributed by atoms with Gasteiger partial charge in [-0.25, -0.2) is 9.59 Å². The van der Waals surface area contributed by atoms with Crippen molar-refractivity contribution in [3.8, 4) is 0 Å². The zero-order chi connectivity index (χ0) is 15.9. The van der Waals surface area contributed by atoms with E-state index in [1.807, 2.05) is 30.3 Å².